The summed E-state index contributed by atoms with van der Waals surface area (Å²) in [4.78, 5) is 35.0. The molecule has 32 heavy (non-hydrogen) atoms. The smallest absolute Gasteiger partial charge is 0.305 e. The van der Waals surface area contributed by atoms with Crippen LogP contribution in [0.25, 0.3) is 0 Å². The van der Waals surface area contributed by atoms with Crippen molar-refractivity contribution in [3.05, 3.63) is 47.3 Å². The van der Waals surface area contributed by atoms with E-state index in [9.17, 15) is 14.7 Å². The van der Waals surface area contributed by atoms with Gasteiger partial charge in [-0.05, 0) is 30.0 Å². The molecule has 0 radical (unpaired) electrons. The minimum absolute atomic E-state index is 0.126. The predicted molar refractivity (Wildman–Crippen MR) is 119 cm³/mol. The molecule has 0 bridgehead atoms. The van der Waals surface area contributed by atoms with E-state index in [2.05, 4.69) is 32.7 Å². The number of aryl methyl sites for hydroxylation is 1. The van der Waals surface area contributed by atoms with Gasteiger partial charge in [-0.3, -0.25) is 9.59 Å². The summed E-state index contributed by atoms with van der Waals surface area (Å²) in [6, 6.07) is 7.01. The number of carboxylic acids is 1. The summed E-state index contributed by atoms with van der Waals surface area (Å²) in [7, 11) is 1.51. The summed E-state index contributed by atoms with van der Waals surface area (Å²) in [6.45, 7) is 3.14. The van der Waals surface area contributed by atoms with E-state index in [0.717, 1.165) is 43.9 Å². The van der Waals surface area contributed by atoms with Gasteiger partial charge in [0.15, 0.2) is 0 Å². The molecule has 9 heteroatoms. The molecule has 1 fully saturated rings. The van der Waals surface area contributed by atoms with Crippen molar-refractivity contribution in [3.8, 4) is 5.88 Å². The van der Waals surface area contributed by atoms with Crippen LogP contribution in [0.15, 0.2) is 30.5 Å². The second-order valence-electron chi connectivity index (χ2n) is 8.34. The SMILES string of the molecule is COc1ccc([C@H](CC(=O)O)NC(=O)C2CN(CCc3ccc4c(n3)NCCC4)C2)cn1. The van der Waals surface area contributed by atoms with Gasteiger partial charge in [0.2, 0.25) is 11.8 Å². The fraction of sp³-hybridized carbons (Fsp3) is 0.478. The first-order valence-corrected chi connectivity index (χ1v) is 11.0. The van der Waals surface area contributed by atoms with Crippen LogP contribution in [0.4, 0.5) is 5.82 Å². The summed E-state index contributed by atoms with van der Waals surface area (Å²) in [6.07, 6.45) is 4.40. The Morgan fingerprint density at radius 2 is 2.16 bits per heavy atom. The lowest BCUT2D eigenvalue weighted by Gasteiger charge is -2.38. The lowest BCUT2D eigenvalue weighted by atomic mass is 9.97. The number of aromatic nitrogens is 2. The van der Waals surface area contributed by atoms with Crippen molar-refractivity contribution in [2.24, 2.45) is 5.92 Å². The Hall–Kier alpha value is -3.20. The minimum atomic E-state index is -0.978. The number of likely N-dealkylation sites (tertiary alicyclic amines) is 1. The average Bonchev–Trinajstić information content (AvgIpc) is 2.77. The summed E-state index contributed by atoms with van der Waals surface area (Å²) >= 11 is 0. The molecule has 1 saturated heterocycles. The van der Waals surface area contributed by atoms with Crippen molar-refractivity contribution in [2.45, 2.75) is 31.7 Å². The molecular weight excluding hydrogens is 410 g/mol. The Kier molecular flexibility index (Phi) is 6.84. The van der Waals surface area contributed by atoms with E-state index < -0.39 is 12.0 Å². The number of fused-ring (bicyclic) bond motifs is 1. The van der Waals surface area contributed by atoms with Gasteiger partial charge in [0.1, 0.15) is 5.82 Å². The van der Waals surface area contributed by atoms with Crippen LogP contribution in [0.3, 0.4) is 0 Å². The second kappa shape index (κ2) is 9.95. The van der Waals surface area contributed by atoms with Gasteiger partial charge in [-0.25, -0.2) is 9.97 Å². The van der Waals surface area contributed by atoms with Gasteiger partial charge >= 0.3 is 5.97 Å². The van der Waals surface area contributed by atoms with Crippen molar-refractivity contribution in [1.29, 1.82) is 0 Å². The molecule has 3 N–H and O–H groups in total. The Labute approximate surface area is 187 Å². The van der Waals surface area contributed by atoms with Crippen LogP contribution in [0.2, 0.25) is 0 Å². The molecule has 9 nitrogen and oxygen atoms in total. The van der Waals surface area contributed by atoms with Crippen LogP contribution in [-0.2, 0) is 22.4 Å². The number of carbonyl (C=O) groups is 2. The van der Waals surface area contributed by atoms with Crippen LogP contribution in [0.1, 0.15) is 35.7 Å². The first-order valence-electron chi connectivity index (χ1n) is 11.0. The van der Waals surface area contributed by atoms with Crippen LogP contribution in [-0.4, -0.2) is 65.1 Å². The monoisotopic (exact) mass is 439 g/mol. The van der Waals surface area contributed by atoms with Gasteiger partial charge in [0.05, 0.1) is 25.5 Å². The summed E-state index contributed by atoms with van der Waals surface area (Å²) in [5.41, 5.74) is 2.98. The summed E-state index contributed by atoms with van der Waals surface area (Å²) < 4.78 is 5.04. The number of carboxylic acid groups (broad SMARTS) is 1. The molecule has 2 aromatic rings. The van der Waals surface area contributed by atoms with E-state index in [1.54, 1.807) is 18.3 Å². The van der Waals surface area contributed by atoms with Crippen LogP contribution < -0.4 is 15.4 Å². The van der Waals surface area contributed by atoms with Gasteiger partial charge in [-0.15, -0.1) is 0 Å². The highest BCUT2D eigenvalue weighted by Crippen LogP contribution is 2.23. The lowest BCUT2D eigenvalue weighted by molar-refractivity contribution is -0.138. The molecule has 0 saturated carbocycles. The number of hydrogen-bond donors (Lipinski definition) is 3. The number of rotatable bonds is 9. The number of pyridine rings is 2. The minimum Gasteiger partial charge on any atom is -0.481 e. The number of nitrogens with zero attached hydrogens (tertiary/aromatic N) is 3. The zero-order valence-corrected chi connectivity index (χ0v) is 18.2. The van der Waals surface area contributed by atoms with Gasteiger partial charge in [0, 0.05) is 50.6 Å². The molecule has 4 heterocycles. The third-order valence-corrected chi connectivity index (χ3v) is 6.03. The fourth-order valence-corrected chi connectivity index (χ4v) is 4.13. The molecule has 2 aromatic heterocycles. The zero-order chi connectivity index (χ0) is 22.5. The molecule has 0 spiro atoms. The largest absolute Gasteiger partial charge is 0.481 e. The summed E-state index contributed by atoms with van der Waals surface area (Å²) in [5.74, 6) is 0.198. The van der Waals surface area contributed by atoms with Gasteiger partial charge in [0.25, 0.3) is 0 Å². The van der Waals surface area contributed by atoms with E-state index in [1.165, 1.54) is 12.7 Å². The van der Waals surface area contributed by atoms with E-state index in [4.69, 9.17) is 9.72 Å². The number of amides is 1. The summed E-state index contributed by atoms with van der Waals surface area (Å²) in [5, 5.41) is 15.5. The Morgan fingerprint density at radius 3 is 2.88 bits per heavy atom. The number of nitrogens with one attached hydrogen (secondary N) is 2. The maximum absolute atomic E-state index is 12.7. The number of ether oxygens (including phenoxy) is 1. The van der Waals surface area contributed by atoms with Gasteiger partial charge in [-0.1, -0.05) is 12.1 Å². The standard InChI is InChI=1S/C23H29N5O4/c1-32-20-7-5-16(12-25-20)19(11-21(29)30)27-23(31)17-13-28(14-17)10-8-18-6-4-15-3-2-9-24-22(15)26-18/h4-7,12,17,19H,2-3,8-11,13-14H2,1H3,(H,24,26)(H,27,31)(H,29,30)/t19-/m0/s1. The number of aliphatic carboxylic acids is 1. The molecule has 1 amide bonds. The van der Waals surface area contributed by atoms with E-state index in [-0.39, 0.29) is 18.2 Å². The first kappa shape index (κ1) is 22.0. The molecule has 4 rings (SSSR count). The van der Waals surface area contributed by atoms with Crippen molar-refractivity contribution in [2.75, 3.05) is 38.6 Å². The number of methoxy groups -OCH3 is 1. The Morgan fingerprint density at radius 1 is 1.31 bits per heavy atom. The van der Waals surface area contributed by atoms with E-state index in [0.29, 0.717) is 24.5 Å². The highest BCUT2D eigenvalue weighted by Gasteiger charge is 2.33. The second-order valence-corrected chi connectivity index (χ2v) is 8.34. The predicted octanol–water partition coefficient (Wildman–Crippen LogP) is 1.65. The van der Waals surface area contributed by atoms with Gasteiger partial charge in [-0.2, -0.15) is 0 Å². The highest BCUT2D eigenvalue weighted by atomic mass is 16.5. The molecule has 1 atom stereocenters. The van der Waals surface area contributed by atoms with E-state index in [1.807, 2.05) is 0 Å². The van der Waals surface area contributed by atoms with Crippen molar-refractivity contribution < 1.29 is 19.4 Å². The number of anilines is 1. The van der Waals surface area contributed by atoms with Crippen molar-refractivity contribution in [3.63, 3.8) is 0 Å². The van der Waals surface area contributed by atoms with Crippen molar-refractivity contribution in [1.82, 2.24) is 20.2 Å². The fourth-order valence-electron chi connectivity index (χ4n) is 4.13. The zero-order valence-electron chi connectivity index (χ0n) is 18.2. The quantitative estimate of drug-likeness (QED) is 0.540. The normalized spacial score (nSPS) is 16.9. The van der Waals surface area contributed by atoms with Crippen LogP contribution >= 0.6 is 0 Å². The maximum atomic E-state index is 12.7. The number of hydrogen-bond acceptors (Lipinski definition) is 7. The molecule has 0 aromatic carbocycles. The van der Waals surface area contributed by atoms with Crippen molar-refractivity contribution >= 4 is 17.7 Å². The number of carbonyl (C=O) groups excluding carboxylic acids is 1. The van der Waals surface area contributed by atoms with Gasteiger partial charge < -0.3 is 25.4 Å². The molecule has 2 aliphatic heterocycles. The topological polar surface area (TPSA) is 117 Å². The third kappa shape index (κ3) is 5.34. The average molecular weight is 440 g/mol. The molecule has 0 aliphatic carbocycles. The first-order chi connectivity index (χ1) is 15.5. The maximum Gasteiger partial charge on any atom is 0.305 e. The molecular formula is C23H29N5O4. The highest BCUT2D eigenvalue weighted by molar-refractivity contribution is 5.81. The third-order valence-electron chi connectivity index (χ3n) is 6.03. The molecule has 170 valence electrons. The lowest BCUT2D eigenvalue weighted by Crippen LogP contribution is -2.54. The molecule has 0 unspecified atom stereocenters. The van der Waals surface area contributed by atoms with Crippen LogP contribution in [0, 0.1) is 5.92 Å². The molecule has 2 aliphatic rings. The Balaban J connectivity index is 1.26. The Bertz CT molecular complexity index is 959. The van der Waals surface area contributed by atoms with E-state index >= 15 is 0 Å². The van der Waals surface area contributed by atoms with Crippen LogP contribution in [0.5, 0.6) is 5.88 Å².